The molecule has 0 bridgehead atoms. The minimum Gasteiger partial charge on any atom is -0.379 e. The molecule has 4 heterocycles. The standard InChI is InChI=1S/C26H36N6O5/c27-17-6-9-30(10-7-17)12-14-37-15-13-31-11-8-21(31)24(34)28-20-3-1-2-18-19(20)16-32(26(18)36)22-4-5-23(33)29-25(22)35/h1-3,17,21-22H,4-16,27H2,(H,28,34)(H,29,33,35)/t21-,22?/m0/s1. The Bertz CT molecular complexity index is 1060. The van der Waals surface area contributed by atoms with Gasteiger partial charge < -0.3 is 25.6 Å². The van der Waals surface area contributed by atoms with Gasteiger partial charge in [0, 0.05) is 55.5 Å². The monoisotopic (exact) mass is 512 g/mol. The van der Waals surface area contributed by atoms with Crippen molar-refractivity contribution in [3.05, 3.63) is 29.3 Å². The van der Waals surface area contributed by atoms with E-state index in [-0.39, 0.29) is 36.7 Å². The number of likely N-dealkylation sites (tertiary alicyclic amines) is 2. The first-order valence-electron chi connectivity index (χ1n) is 13.3. The van der Waals surface area contributed by atoms with Gasteiger partial charge in [-0.1, -0.05) is 6.07 Å². The first kappa shape index (κ1) is 25.8. The molecule has 11 nitrogen and oxygen atoms in total. The van der Waals surface area contributed by atoms with Gasteiger partial charge in [0.15, 0.2) is 0 Å². The Morgan fingerprint density at radius 2 is 1.84 bits per heavy atom. The predicted molar refractivity (Wildman–Crippen MR) is 136 cm³/mol. The first-order valence-corrected chi connectivity index (χ1v) is 13.3. The van der Waals surface area contributed by atoms with Crippen LogP contribution in [-0.2, 0) is 25.7 Å². The van der Waals surface area contributed by atoms with Crippen LogP contribution in [0.1, 0.15) is 48.0 Å². The van der Waals surface area contributed by atoms with Crippen molar-refractivity contribution in [2.45, 2.75) is 56.8 Å². The molecule has 200 valence electrons. The maximum Gasteiger partial charge on any atom is 0.255 e. The molecular formula is C26H36N6O5. The highest BCUT2D eigenvalue weighted by molar-refractivity contribution is 6.07. The SMILES string of the molecule is NC1CCN(CCOCCN2CC[C@H]2C(=O)Nc2cccc3c2CN(C2CCC(=O)NC2=O)C3=O)CC1. The van der Waals surface area contributed by atoms with Crippen molar-refractivity contribution in [1.82, 2.24) is 20.0 Å². The number of carbonyl (C=O) groups excluding carboxylic acids is 4. The Balaban J connectivity index is 1.10. The third-order valence-corrected chi connectivity index (χ3v) is 7.98. The Morgan fingerprint density at radius 1 is 1.05 bits per heavy atom. The van der Waals surface area contributed by atoms with Gasteiger partial charge in [0.2, 0.25) is 17.7 Å². The lowest BCUT2D eigenvalue weighted by Gasteiger charge is -2.39. The fourth-order valence-corrected chi connectivity index (χ4v) is 5.58. The molecule has 37 heavy (non-hydrogen) atoms. The zero-order valence-electron chi connectivity index (χ0n) is 21.1. The van der Waals surface area contributed by atoms with Crippen molar-refractivity contribution >= 4 is 29.3 Å². The highest BCUT2D eigenvalue weighted by Gasteiger charge is 2.40. The van der Waals surface area contributed by atoms with E-state index in [0.717, 1.165) is 45.4 Å². The topological polar surface area (TPSA) is 137 Å². The number of fused-ring (bicyclic) bond motifs is 1. The summed E-state index contributed by atoms with van der Waals surface area (Å²) in [5, 5.41) is 5.33. The van der Waals surface area contributed by atoms with E-state index in [1.54, 1.807) is 18.2 Å². The van der Waals surface area contributed by atoms with Gasteiger partial charge >= 0.3 is 0 Å². The number of rotatable bonds is 9. The zero-order chi connectivity index (χ0) is 25.9. The van der Waals surface area contributed by atoms with Crippen molar-refractivity contribution in [2.24, 2.45) is 5.73 Å². The van der Waals surface area contributed by atoms with Crippen LogP contribution in [0.25, 0.3) is 0 Å². The molecule has 2 atom stereocenters. The summed E-state index contributed by atoms with van der Waals surface area (Å²) in [5.74, 6) is -1.12. The quantitative estimate of drug-likeness (QED) is 0.308. The van der Waals surface area contributed by atoms with Crippen molar-refractivity contribution in [3.8, 4) is 0 Å². The summed E-state index contributed by atoms with van der Waals surface area (Å²) in [6.07, 6.45) is 3.36. The number of hydrogen-bond donors (Lipinski definition) is 3. The zero-order valence-corrected chi connectivity index (χ0v) is 21.1. The maximum atomic E-state index is 13.1. The molecule has 4 N–H and O–H groups in total. The molecule has 0 saturated carbocycles. The summed E-state index contributed by atoms with van der Waals surface area (Å²) in [6, 6.07) is 4.65. The van der Waals surface area contributed by atoms with Crippen LogP contribution in [0.5, 0.6) is 0 Å². The summed E-state index contributed by atoms with van der Waals surface area (Å²) < 4.78 is 5.83. The number of hydrogen-bond acceptors (Lipinski definition) is 8. The van der Waals surface area contributed by atoms with Crippen LogP contribution in [0.4, 0.5) is 5.69 Å². The van der Waals surface area contributed by atoms with E-state index in [2.05, 4.69) is 20.4 Å². The van der Waals surface area contributed by atoms with E-state index in [4.69, 9.17) is 10.5 Å². The maximum absolute atomic E-state index is 13.1. The van der Waals surface area contributed by atoms with Gasteiger partial charge in [-0.05, 0) is 50.9 Å². The van der Waals surface area contributed by atoms with Crippen molar-refractivity contribution in [2.75, 3.05) is 51.3 Å². The summed E-state index contributed by atoms with van der Waals surface area (Å²) in [7, 11) is 0. The third-order valence-electron chi connectivity index (χ3n) is 7.98. The summed E-state index contributed by atoms with van der Waals surface area (Å²) in [4.78, 5) is 55.9. The van der Waals surface area contributed by atoms with E-state index in [1.165, 1.54) is 4.90 Å². The molecule has 0 radical (unpaired) electrons. The number of nitrogens with one attached hydrogen (secondary N) is 2. The molecule has 1 aromatic rings. The number of piperidine rings is 2. The molecule has 5 rings (SSSR count). The molecule has 3 saturated heterocycles. The van der Waals surface area contributed by atoms with Gasteiger partial charge in [0.25, 0.3) is 5.91 Å². The molecule has 1 aromatic carbocycles. The van der Waals surface area contributed by atoms with Crippen molar-refractivity contribution in [1.29, 1.82) is 0 Å². The Kier molecular flexibility index (Phi) is 7.84. The lowest BCUT2D eigenvalue weighted by Crippen LogP contribution is -2.55. The van der Waals surface area contributed by atoms with E-state index < -0.39 is 11.9 Å². The lowest BCUT2D eigenvalue weighted by atomic mass is 10.0. The number of anilines is 1. The summed E-state index contributed by atoms with van der Waals surface area (Å²) in [5.41, 5.74) is 7.74. The Morgan fingerprint density at radius 3 is 2.57 bits per heavy atom. The average molecular weight is 513 g/mol. The van der Waals surface area contributed by atoms with Crippen molar-refractivity contribution < 1.29 is 23.9 Å². The molecule has 4 amide bonds. The normalized spacial score (nSPS) is 25.1. The second-order valence-electron chi connectivity index (χ2n) is 10.4. The van der Waals surface area contributed by atoms with E-state index in [0.29, 0.717) is 49.0 Å². The van der Waals surface area contributed by atoms with Crippen LogP contribution in [0.2, 0.25) is 0 Å². The number of benzene rings is 1. The highest BCUT2D eigenvalue weighted by Crippen LogP contribution is 2.33. The van der Waals surface area contributed by atoms with Gasteiger partial charge in [-0.25, -0.2) is 0 Å². The van der Waals surface area contributed by atoms with Crippen LogP contribution in [-0.4, -0.2) is 102 Å². The fourth-order valence-electron chi connectivity index (χ4n) is 5.58. The van der Waals surface area contributed by atoms with Crippen LogP contribution in [0.15, 0.2) is 18.2 Å². The molecule has 4 aliphatic rings. The number of nitrogens with two attached hydrogens (primary N) is 1. The second kappa shape index (κ2) is 11.3. The summed E-state index contributed by atoms with van der Waals surface area (Å²) in [6.45, 7) is 5.98. The summed E-state index contributed by atoms with van der Waals surface area (Å²) >= 11 is 0. The molecule has 4 aliphatic heterocycles. The number of ether oxygens (including phenoxy) is 1. The lowest BCUT2D eigenvalue weighted by molar-refractivity contribution is -0.137. The Labute approximate surface area is 216 Å². The predicted octanol–water partition coefficient (Wildman–Crippen LogP) is -0.0999. The highest BCUT2D eigenvalue weighted by atomic mass is 16.5. The van der Waals surface area contributed by atoms with Gasteiger partial charge in [-0.2, -0.15) is 0 Å². The van der Waals surface area contributed by atoms with Gasteiger partial charge in [0.1, 0.15) is 6.04 Å². The first-order chi connectivity index (χ1) is 17.9. The van der Waals surface area contributed by atoms with Crippen LogP contribution < -0.4 is 16.4 Å². The molecule has 0 spiro atoms. The number of nitrogens with zero attached hydrogens (tertiary/aromatic N) is 3. The molecule has 3 fully saturated rings. The molecule has 11 heteroatoms. The van der Waals surface area contributed by atoms with E-state index in [9.17, 15) is 19.2 Å². The molecule has 1 unspecified atom stereocenters. The number of imide groups is 1. The van der Waals surface area contributed by atoms with E-state index >= 15 is 0 Å². The number of amides is 4. The minimum atomic E-state index is -0.684. The van der Waals surface area contributed by atoms with Gasteiger partial charge in [-0.15, -0.1) is 0 Å². The van der Waals surface area contributed by atoms with Crippen LogP contribution in [0, 0.1) is 0 Å². The van der Waals surface area contributed by atoms with Crippen molar-refractivity contribution in [3.63, 3.8) is 0 Å². The molecular weight excluding hydrogens is 476 g/mol. The van der Waals surface area contributed by atoms with E-state index in [1.807, 2.05) is 0 Å². The third kappa shape index (κ3) is 5.69. The fraction of sp³-hybridized carbons (Fsp3) is 0.615. The minimum absolute atomic E-state index is 0.101. The second-order valence-corrected chi connectivity index (χ2v) is 10.4. The largest absolute Gasteiger partial charge is 0.379 e. The van der Waals surface area contributed by atoms with Gasteiger partial charge in [0.05, 0.1) is 19.3 Å². The molecule has 0 aliphatic carbocycles. The Hall–Kier alpha value is -2.86. The smallest absolute Gasteiger partial charge is 0.255 e. The van der Waals surface area contributed by atoms with Crippen LogP contribution in [0.3, 0.4) is 0 Å². The molecule has 0 aromatic heterocycles. The number of carbonyl (C=O) groups is 4. The van der Waals surface area contributed by atoms with Gasteiger partial charge in [-0.3, -0.25) is 29.4 Å². The average Bonchev–Trinajstić information content (AvgIpc) is 3.19. The van der Waals surface area contributed by atoms with Crippen LogP contribution >= 0.6 is 0 Å².